The van der Waals surface area contributed by atoms with Gasteiger partial charge in [0.15, 0.2) is 56.1 Å². The van der Waals surface area contributed by atoms with Gasteiger partial charge >= 0.3 is 17.9 Å². The summed E-state index contributed by atoms with van der Waals surface area (Å²) < 4.78 is 61.8. The molecule has 30 atom stereocenters. The van der Waals surface area contributed by atoms with Crippen LogP contribution >= 0.6 is 0 Å². The predicted octanol–water partition coefficient (Wildman–Crippen LogP) is -12.2. The molecule has 0 spiro atoms. The Labute approximate surface area is 462 Å². The number of carboxylic acids is 3. The normalized spacial score (nSPS) is 45.3. The molecule has 82 heavy (non-hydrogen) atoms. The highest BCUT2D eigenvalue weighted by Crippen LogP contribution is 2.37. The second-order valence-electron chi connectivity index (χ2n) is 19.7. The highest BCUT2D eigenvalue weighted by Gasteiger charge is 2.60. The lowest BCUT2D eigenvalue weighted by Crippen LogP contribution is -2.71. The van der Waals surface area contributed by atoms with Crippen molar-refractivity contribution < 1.29 is 168 Å². The van der Waals surface area contributed by atoms with Crippen molar-refractivity contribution in [1.29, 1.82) is 0 Å². The standard InChI is InChI=1S/C45H71N3O34/c1-4-13(52)46-16-29(19(55)10(7-49)72-40(16)71)75-44-27(63)24(60)32(35(81-44)38(67)68)78-42-18(48-15(54)6-3)31(21(57)12(9-51)74-42)77-45-28(64)25(61)33(36(82-45)39(69)70)79-41-17(47-14(53)5-2)30(20(56)11(8-50)73-41)76-43-26(62)22(58)23(59)34(80-43)37(65)66/h10-12,16-36,40-45,49-51,55-64,71H,4-9H2,1-3H3,(H,46,52)(H,47,53)(H,48,54)(H,65,66)(H,67,68)(H,69,70)/t10-,11-,12-,16-,17-,18-,19-,20-,21-,22+,23+,24-,25-,26-,27-,28-,29-,30-,31-,32+,33+,34+,35+,36+,40-,41+,42+,43-,44-,45-/m1/s1. The topological polar surface area (TPSA) is 584 Å². The molecule has 6 aliphatic heterocycles. The monoisotopic (exact) mass is 1200 g/mol. The van der Waals surface area contributed by atoms with E-state index in [1.165, 1.54) is 20.8 Å². The minimum atomic E-state index is -2.52. The van der Waals surface area contributed by atoms with Crippen molar-refractivity contribution in [2.24, 2.45) is 0 Å². The molecule has 0 aromatic heterocycles. The zero-order valence-corrected chi connectivity index (χ0v) is 43.6. The van der Waals surface area contributed by atoms with E-state index >= 15 is 0 Å². The van der Waals surface area contributed by atoms with E-state index in [1.54, 1.807) is 0 Å². The van der Waals surface area contributed by atoms with Gasteiger partial charge < -0.3 is 155 Å². The smallest absolute Gasteiger partial charge is 0.335 e. The fraction of sp³-hybridized carbons (Fsp3) is 0.867. The summed E-state index contributed by atoms with van der Waals surface area (Å²) in [5.41, 5.74) is 0. The molecule has 0 unspecified atom stereocenters. The first kappa shape index (κ1) is 67.0. The second-order valence-corrected chi connectivity index (χ2v) is 19.7. The van der Waals surface area contributed by atoms with Crippen molar-refractivity contribution in [3.05, 3.63) is 0 Å². The summed E-state index contributed by atoms with van der Waals surface area (Å²) in [4.78, 5) is 76.2. The average Bonchev–Trinajstić information content (AvgIpc) is 3.62. The molecule has 0 aromatic rings. The molecule has 6 aliphatic rings. The van der Waals surface area contributed by atoms with Gasteiger partial charge in [0.25, 0.3) is 0 Å². The number of amides is 3. The SMILES string of the molecule is CCC(=O)N[C@@H]1[C@@H](O[C@@H]2O[C@H](C(=O)O)[C@@H](O[C@@H]3O[C@H](CO)[C@@H](O)[C@H](O[C@@H]4O[C@H](C(=O)O)[C@@H](O[C@@H]5O[C@H](CO)[C@@H](O)[C@H](O[C@@H]6O[C@H](C(=O)O)[C@@H](O)[C@H](O)[C@H]6O)[C@H]5NC(=O)CC)[C@H](O)[C@H]4O)[C@H]3NC(=O)CC)[C@H](O)[C@H]2O)[C@H](O)[C@@H](CO)O[C@H]1O. The number of ether oxygens (including phenoxy) is 11. The molecule has 0 bridgehead atoms. The summed E-state index contributed by atoms with van der Waals surface area (Å²) in [7, 11) is 0. The van der Waals surface area contributed by atoms with Gasteiger partial charge in [0.05, 0.1) is 19.8 Å². The minimum Gasteiger partial charge on any atom is -0.479 e. The van der Waals surface area contributed by atoms with Gasteiger partial charge in [0, 0.05) is 19.3 Å². The molecule has 0 saturated carbocycles. The third-order valence-corrected chi connectivity index (χ3v) is 14.4. The van der Waals surface area contributed by atoms with Gasteiger partial charge in [-0.3, -0.25) is 14.4 Å². The zero-order chi connectivity index (χ0) is 60.9. The summed E-state index contributed by atoms with van der Waals surface area (Å²) in [6.07, 6.45) is -60.1. The van der Waals surface area contributed by atoms with Gasteiger partial charge in [-0.2, -0.15) is 0 Å². The van der Waals surface area contributed by atoms with Gasteiger partial charge in [0.1, 0.15) is 128 Å². The van der Waals surface area contributed by atoms with E-state index in [0.29, 0.717) is 0 Å². The van der Waals surface area contributed by atoms with Crippen molar-refractivity contribution in [2.45, 2.75) is 224 Å². The van der Waals surface area contributed by atoms with Crippen LogP contribution in [0.25, 0.3) is 0 Å². The zero-order valence-electron chi connectivity index (χ0n) is 43.6. The van der Waals surface area contributed by atoms with Crippen molar-refractivity contribution in [3.8, 4) is 0 Å². The van der Waals surface area contributed by atoms with Crippen LogP contribution in [-0.4, -0.2) is 326 Å². The van der Waals surface area contributed by atoms with Crippen LogP contribution in [0.15, 0.2) is 0 Å². The summed E-state index contributed by atoms with van der Waals surface area (Å²) >= 11 is 0. The van der Waals surface area contributed by atoms with Crippen LogP contribution in [0.3, 0.4) is 0 Å². The van der Waals surface area contributed by atoms with E-state index in [1.807, 2.05) is 0 Å². The summed E-state index contributed by atoms with van der Waals surface area (Å²) in [5, 5.41) is 190. The Balaban J connectivity index is 1.27. The molecule has 6 rings (SSSR count). The number of carbonyl (C=O) groups excluding carboxylic acids is 3. The van der Waals surface area contributed by atoms with E-state index in [0.717, 1.165) is 0 Å². The Morgan fingerprint density at radius 1 is 0.341 bits per heavy atom. The largest absolute Gasteiger partial charge is 0.479 e. The van der Waals surface area contributed by atoms with Crippen LogP contribution in [0.4, 0.5) is 0 Å². The lowest BCUT2D eigenvalue weighted by atomic mass is 9.93. The van der Waals surface area contributed by atoms with Crippen LogP contribution in [-0.2, 0) is 80.9 Å². The molecule has 470 valence electrons. The van der Waals surface area contributed by atoms with Crippen molar-refractivity contribution >= 4 is 35.6 Å². The van der Waals surface area contributed by atoms with E-state index in [-0.39, 0.29) is 19.3 Å². The molecule has 3 amide bonds. The molecule has 6 fully saturated rings. The number of aliphatic hydroxyl groups excluding tert-OH is 14. The number of aliphatic carboxylic acids is 3. The maximum absolute atomic E-state index is 13.1. The number of hydrogen-bond donors (Lipinski definition) is 20. The third kappa shape index (κ3) is 14.4. The van der Waals surface area contributed by atoms with Crippen LogP contribution < -0.4 is 16.0 Å². The Morgan fingerprint density at radius 3 is 0.963 bits per heavy atom. The van der Waals surface area contributed by atoms with Crippen molar-refractivity contribution in [1.82, 2.24) is 16.0 Å². The third-order valence-electron chi connectivity index (χ3n) is 14.4. The van der Waals surface area contributed by atoms with Crippen LogP contribution in [0.1, 0.15) is 40.0 Å². The Bertz CT molecular complexity index is 2170. The highest BCUT2D eigenvalue weighted by atomic mass is 16.8. The number of hydrogen-bond acceptors (Lipinski definition) is 31. The molecule has 0 aliphatic carbocycles. The molecule has 6 saturated heterocycles. The summed E-state index contributed by atoms with van der Waals surface area (Å²) in [6, 6.07) is -5.58. The first-order valence-electron chi connectivity index (χ1n) is 25.8. The van der Waals surface area contributed by atoms with Crippen LogP contribution in [0.5, 0.6) is 0 Å². The number of aliphatic hydroxyl groups is 14. The summed E-state index contributed by atoms with van der Waals surface area (Å²) in [6.45, 7) is 0.896. The number of carboxylic acid groups (broad SMARTS) is 3. The molecule has 37 nitrogen and oxygen atoms in total. The lowest BCUT2D eigenvalue weighted by molar-refractivity contribution is -0.377. The van der Waals surface area contributed by atoms with Crippen molar-refractivity contribution in [3.63, 3.8) is 0 Å². The van der Waals surface area contributed by atoms with Gasteiger partial charge in [-0.05, 0) is 0 Å². The molecule has 37 heteroatoms. The number of carbonyl (C=O) groups is 6. The Kier molecular flexibility index (Phi) is 23.5. The van der Waals surface area contributed by atoms with E-state index < -0.39 is 239 Å². The fourth-order valence-corrected chi connectivity index (χ4v) is 9.80. The molecule has 20 N–H and O–H groups in total. The van der Waals surface area contributed by atoms with Crippen molar-refractivity contribution in [2.75, 3.05) is 19.8 Å². The molecule has 6 heterocycles. The van der Waals surface area contributed by atoms with Crippen LogP contribution in [0.2, 0.25) is 0 Å². The predicted molar refractivity (Wildman–Crippen MR) is 249 cm³/mol. The first-order valence-corrected chi connectivity index (χ1v) is 25.8. The second kappa shape index (κ2) is 28.8. The highest BCUT2D eigenvalue weighted by molar-refractivity contribution is 5.77. The van der Waals surface area contributed by atoms with Gasteiger partial charge in [0.2, 0.25) is 17.7 Å². The first-order chi connectivity index (χ1) is 38.7. The molecule has 0 aromatic carbocycles. The Hall–Kier alpha value is -4.18. The van der Waals surface area contributed by atoms with Gasteiger partial charge in [-0.15, -0.1) is 0 Å². The summed E-state index contributed by atoms with van der Waals surface area (Å²) in [5.74, 6) is -8.30. The molecular weight excluding hydrogens is 1130 g/mol. The number of rotatable bonds is 22. The minimum absolute atomic E-state index is 0.166. The maximum Gasteiger partial charge on any atom is 0.335 e. The molecule has 0 radical (unpaired) electrons. The molecular formula is C45H71N3O34. The lowest BCUT2D eigenvalue weighted by Gasteiger charge is -2.50. The Morgan fingerprint density at radius 2 is 0.634 bits per heavy atom. The quantitative estimate of drug-likeness (QED) is 0.0479. The van der Waals surface area contributed by atoms with Gasteiger partial charge in [-0.25, -0.2) is 14.4 Å². The fourth-order valence-electron chi connectivity index (χ4n) is 9.80. The van der Waals surface area contributed by atoms with Gasteiger partial charge in [-0.1, -0.05) is 20.8 Å². The number of nitrogens with one attached hydrogen (secondary N) is 3. The maximum atomic E-state index is 13.1. The average molecular weight is 1200 g/mol. The van der Waals surface area contributed by atoms with E-state index in [9.17, 15) is 116 Å². The van der Waals surface area contributed by atoms with E-state index in [4.69, 9.17) is 52.1 Å². The van der Waals surface area contributed by atoms with E-state index in [2.05, 4.69) is 16.0 Å². The van der Waals surface area contributed by atoms with Crippen LogP contribution in [0, 0.1) is 0 Å².